The first-order valence-corrected chi connectivity index (χ1v) is 4.97. The van der Waals surface area contributed by atoms with Crippen molar-refractivity contribution >= 4 is 11.7 Å². The summed E-state index contributed by atoms with van der Waals surface area (Å²) in [5.41, 5.74) is 0. The van der Waals surface area contributed by atoms with Crippen molar-refractivity contribution in [2.24, 2.45) is 5.92 Å². The van der Waals surface area contributed by atoms with Crippen LogP contribution >= 0.6 is 0 Å². The van der Waals surface area contributed by atoms with Crippen molar-refractivity contribution in [1.29, 1.82) is 0 Å². The molecule has 0 bridgehead atoms. The highest BCUT2D eigenvalue weighted by Gasteiger charge is 2.23. The standard InChI is InChI=1S/C10H17NO2/c1-3-9(12)10(13)11-6-4-8(2)5-7-11/h8H,3-7H2,1-2H3. The van der Waals surface area contributed by atoms with Gasteiger partial charge in [-0.3, -0.25) is 9.59 Å². The predicted molar refractivity (Wildman–Crippen MR) is 50.3 cm³/mol. The molecule has 3 nitrogen and oxygen atoms in total. The normalized spacial score (nSPS) is 18.8. The van der Waals surface area contributed by atoms with E-state index in [0.717, 1.165) is 25.9 Å². The summed E-state index contributed by atoms with van der Waals surface area (Å²) in [6, 6.07) is 0. The Morgan fingerprint density at radius 1 is 1.31 bits per heavy atom. The Morgan fingerprint density at radius 2 is 1.85 bits per heavy atom. The summed E-state index contributed by atoms with van der Waals surface area (Å²) < 4.78 is 0. The third kappa shape index (κ3) is 2.54. The van der Waals surface area contributed by atoms with Crippen LogP contribution < -0.4 is 0 Å². The number of amides is 1. The number of rotatable bonds is 2. The number of nitrogens with zero attached hydrogens (tertiary/aromatic N) is 1. The molecular weight excluding hydrogens is 166 g/mol. The summed E-state index contributed by atoms with van der Waals surface area (Å²) in [7, 11) is 0. The Labute approximate surface area is 79.1 Å². The first-order valence-electron chi connectivity index (χ1n) is 4.97. The molecule has 1 rings (SSSR count). The molecule has 0 aliphatic carbocycles. The van der Waals surface area contributed by atoms with Crippen LogP contribution in [0.3, 0.4) is 0 Å². The smallest absolute Gasteiger partial charge is 0.289 e. The lowest BCUT2D eigenvalue weighted by Crippen LogP contribution is -2.41. The molecule has 0 aromatic carbocycles. The van der Waals surface area contributed by atoms with E-state index in [0.29, 0.717) is 12.3 Å². The molecule has 1 aliphatic rings. The lowest BCUT2D eigenvalue weighted by Gasteiger charge is -2.29. The molecule has 0 aromatic rings. The first-order chi connectivity index (χ1) is 6.15. The van der Waals surface area contributed by atoms with Crippen molar-refractivity contribution in [1.82, 2.24) is 4.90 Å². The molecule has 1 amide bonds. The van der Waals surface area contributed by atoms with Gasteiger partial charge in [0.2, 0.25) is 5.78 Å². The van der Waals surface area contributed by atoms with Crippen molar-refractivity contribution < 1.29 is 9.59 Å². The van der Waals surface area contributed by atoms with E-state index in [1.807, 2.05) is 0 Å². The van der Waals surface area contributed by atoms with E-state index >= 15 is 0 Å². The zero-order valence-electron chi connectivity index (χ0n) is 8.38. The van der Waals surface area contributed by atoms with E-state index in [4.69, 9.17) is 0 Å². The highest BCUT2D eigenvalue weighted by molar-refractivity contribution is 6.35. The van der Waals surface area contributed by atoms with Gasteiger partial charge in [-0.25, -0.2) is 0 Å². The van der Waals surface area contributed by atoms with Gasteiger partial charge in [-0.2, -0.15) is 0 Å². The van der Waals surface area contributed by atoms with Gasteiger partial charge < -0.3 is 4.90 Å². The molecule has 0 aromatic heterocycles. The Morgan fingerprint density at radius 3 is 2.31 bits per heavy atom. The largest absolute Gasteiger partial charge is 0.336 e. The second-order valence-corrected chi connectivity index (χ2v) is 3.75. The van der Waals surface area contributed by atoms with Crippen molar-refractivity contribution in [2.75, 3.05) is 13.1 Å². The fourth-order valence-corrected chi connectivity index (χ4v) is 1.54. The third-order valence-electron chi connectivity index (χ3n) is 2.63. The van der Waals surface area contributed by atoms with E-state index in [9.17, 15) is 9.59 Å². The summed E-state index contributed by atoms with van der Waals surface area (Å²) in [6.45, 7) is 5.42. The molecule has 1 heterocycles. The fourth-order valence-electron chi connectivity index (χ4n) is 1.54. The molecule has 74 valence electrons. The molecule has 1 saturated heterocycles. The molecule has 0 unspecified atom stereocenters. The van der Waals surface area contributed by atoms with Gasteiger partial charge in [-0.05, 0) is 18.8 Å². The molecular formula is C10H17NO2. The van der Waals surface area contributed by atoms with Gasteiger partial charge in [0.25, 0.3) is 5.91 Å². The fraction of sp³-hybridized carbons (Fsp3) is 0.800. The van der Waals surface area contributed by atoms with Gasteiger partial charge in [-0.15, -0.1) is 0 Å². The Bertz CT molecular complexity index is 205. The second kappa shape index (κ2) is 4.40. The number of Topliss-reactive ketones (excluding diaryl/α,β-unsaturated/α-hetero) is 1. The van der Waals surface area contributed by atoms with Crippen LogP contribution in [0.15, 0.2) is 0 Å². The van der Waals surface area contributed by atoms with Gasteiger partial charge >= 0.3 is 0 Å². The number of carbonyl (C=O) groups excluding carboxylic acids is 2. The minimum atomic E-state index is -0.283. The SMILES string of the molecule is CCC(=O)C(=O)N1CCC(C)CC1. The van der Waals surface area contributed by atoms with Crippen LogP contribution in [0.2, 0.25) is 0 Å². The van der Waals surface area contributed by atoms with Gasteiger partial charge in [0.1, 0.15) is 0 Å². The quantitative estimate of drug-likeness (QED) is 0.604. The Hall–Kier alpha value is -0.860. The average molecular weight is 183 g/mol. The number of hydrogen-bond donors (Lipinski definition) is 0. The molecule has 0 N–H and O–H groups in total. The van der Waals surface area contributed by atoms with Crippen LogP contribution in [-0.4, -0.2) is 29.7 Å². The summed E-state index contributed by atoms with van der Waals surface area (Å²) in [5, 5.41) is 0. The molecule has 3 heteroatoms. The number of likely N-dealkylation sites (tertiary alicyclic amines) is 1. The van der Waals surface area contributed by atoms with Crippen LogP contribution in [0.1, 0.15) is 33.1 Å². The summed E-state index contributed by atoms with van der Waals surface area (Å²) in [5.74, 6) is 0.157. The third-order valence-corrected chi connectivity index (χ3v) is 2.63. The molecule has 0 saturated carbocycles. The van der Waals surface area contributed by atoms with Crippen LogP contribution in [0.25, 0.3) is 0 Å². The first kappa shape index (κ1) is 10.2. The minimum absolute atomic E-state index is 0.255. The van der Waals surface area contributed by atoms with Gasteiger partial charge in [0.05, 0.1) is 0 Å². The van der Waals surface area contributed by atoms with Crippen LogP contribution in [0, 0.1) is 5.92 Å². The summed E-state index contributed by atoms with van der Waals surface area (Å²) >= 11 is 0. The molecule has 0 atom stereocenters. The maximum Gasteiger partial charge on any atom is 0.289 e. The zero-order chi connectivity index (χ0) is 9.84. The van der Waals surface area contributed by atoms with E-state index in [2.05, 4.69) is 6.92 Å². The Kier molecular flexibility index (Phi) is 3.46. The monoisotopic (exact) mass is 183 g/mol. The van der Waals surface area contributed by atoms with E-state index < -0.39 is 0 Å². The van der Waals surface area contributed by atoms with Gasteiger partial charge in [0, 0.05) is 19.5 Å². The summed E-state index contributed by atoms with van der Waals surface area (Å²) in [4.78, 5) is 24.2. The molecule has 0 spiro atoms. The van der Waals surface area contributed by atoms with E-state index in [-0.39, 0.29) is 11.7 Å². The van der Waals surface area contributed by atoms with E-state index in [1.165, 1.54) is 0 Å². The van der Waals surface area contributed by atoms with Crippen molar-refractivity contribution in [3.63, 3.8) is 0 Å². The molecule has 0 radical (unpaired) electrons. The average Bonchev–Trinajstić information content (AvgIpc) is 2.17. The van der Waals surface area contributed by atoms with Crippen molar-refractivity contribution in [3.8, 4) is 0 Å². The maximum absolute atomic E-state index is 11.4. The zero-order valence-corrected chi connectivity index (χ0v) is 8.38. The van der Waals surface area contributed by atoms with Gasteiger partial charge in [0.15, 0.2) is 0 Å². The summed E-state index contributed by atoms with van der Waals surface area (Å²) in [6.07, 6.45) is 2.39. The number of carbonyl (C=O) groups is 2. The van der Waals surface area contributed by atoms with Crippen molar-refractivity contribution in [2.45, 2.75) is 33.1 Å². The van der Waals surface area contributed by atoms with Crippen LogP contribution in [0.5, 0.6) is 0 Å². The minimum Gasteiger partial charge on any atom is -0.336 e. The van der Waals surface area contributed by atoms with E-state index in [1.54, 1.807) is 11.8 Å². The Balaban J connectivity index is 2.44. The maximum atomic E-state index is 11.4. The molecule has 1 aliphatic heterocycles. The van der Waals surface area contributed by atoms with Gasteiger partial charge in [-0.1, -0.05) is 13.8 Å². The highest BCUT2D eigenvalue weighted by Crippen LogP contribution is 2.16. The lowest BCUT2D eigenvalue weighted by atomic mass is 9.99. The number of ketones is 1. The predicted octanol–water partition coefficient (Wildman–Crippen LogP) is 1.22. The topological polar surface area (TPSA) is 37.4 Å². The molecule has 13 heavy (non-hydrogen) atoms. The molecule has 1 fully saturated rings. The second-order valence-electron chi connectivity index (χ2n) is 3.75. The van der Waals surface area contributed by atoms with Crippen molar-refractivity contribution in [3.05, 3.63) is 0 Å². The number of hydrogen-bond acceptors (Lipinski definition) is 2. The lowest BCUT2D eigenvalue weighted by molar-refractivity contribution is -0.145. The van der Waals surface area contributed by atoms with Crippen LogP contribution in [0.4, 0.5) is 0 Å². The highest BCUT2D eigenvalue weighted by atomic mass is 16.2. The van der Waals surface area contributed by atoms with Crippen LogP contribution in [-0.2, 0) is 9.59 Å². The number of piperidine rings is 1.